The Bertz CT molecular complexity index is 675. The molecule has 0 bridgehead atoms. The fourth-order valence-corrected chi connectivity index (χ4v) is 2.26. The molecule has 7 heteroatoms. The van der Waals surface area contributed by atoms with E-state index in [0.29, 0.717) is 23.7 Å². The molecular weight excluding hydrogens is 304 g/mol. The number of halogens is 1. The summed E-state index contributed by atoms with van der Waals surface area (Å²) in [4.78, 5) is 12.1. The molecule has 118 valence electrons. The molecule has 0 spiro atoms. The maximum atomic E-state index is 12.1. The van der Waals surface area contributed by atoms with Gasteiger partial charge in [-0.2, -0.15) is 5.10 Å². The molecule has 0 radical (unpaired) electrons. The molecule has 3 heterocycles. The van der Waals surface area contributed by atoms with Crippen LogP contribution in [0, 0.1) is 6.92 Å². The first-order valence-electron chi connectivity index (χ1n) is 7.01. The van der Waals surface area contributed by atoms with E-state index < -0.39 is 0 Å². The second kappa shape index (κ2) is 7.29. The Hall–Kier alpha value is -2.05. The Labute approximate surface area is 134 Å². The van der Waals surface area contributed by atoms with E-state index in [-0.39, 0.29) is 18.3 Å². The Kier molecular flexibility index (Phi) is 5.41. The molecule has 1 aliphatic rings. The number of furan rings is 1. The lowest BCUT2D eigenvalue weighted by molar-refractivity contribution is 0.0951. The molecule has 0 fully saturated rings. The molecular formula is C15H19ClN4O2. The van der Waals surface area contributed by atoms with Gasteiger partial charge in [0.15, 0.2) is 11.5 Å². The molecule has 0 aliphatic carbocycles. The second-order valence-electron chi connectivity index (χ2n) is 5.08. The number of carbonyl (C=O) groups excluding carboxylic acids is 1. The smallest absolute Gasteiger partial charge is 0.272 e. The van der Waals surface area contributed by atoms with Gasteiger partial charge in [0.25, 0.3) is 5.91 Å². The van der Waals surface area contributed by atoms with Crippen LogP contribution in [0.25, 0.3) is 11.5 Å². The Balaban J connectivity index is 0.00000176. The van der Waals surface area contributed by atoms with Gasteiger partial charge in [0, 0.05) is 19.2 Å². The Morgan fingerprint density at radius 1 is 1.45 bits per heavy atom. The van der Waals surface area contributed by atoms with E-state index in [4.69, 9.17) is 4.42 Å². The van der Waals surface area contributed by atoms with E-state index in [9.17, 15) is 4.79 Å². The van der Waals surface area contributed by atoms with Gasteiger partial charge in [-0.3, -0.25) is 9.89 Å². The maximum Gasteiger partial charge on any atom is 0.272 e. The summed E-state index contributed by atoms with van der Waals surface area (Å²) in [6, 6.07) is 5.42. The summed E-state index contributed by atoms with van der Waals surface area (Å²) < 4.78 is 5.50. The molecule has 6 nitrogen and oxygen atoms in total. The average molecular weight is 323 g/mol. The first-order valence-corrected chi connectivity index (χ1v) is 7.01. The van der Waals surface area contributed by atoms with Crippen LogP contribution in [0.3, 0.4) is 0 Å². The maximum absolute atomic E-state index is 12.1. The van der Waals surface area contributed by atoms with Gasteiger partial charge in [-0.1, -0.05) is 11.6 Å². The fraction of sp³-hybridized carbons (Fsp3) is 0.333. The van der Waals surface area contributed by atoms with E-state index in [1.54, 1.807) is 6.07 Å². The highest BCUT2D eigenvalue weighted by Crippen LogP contribution is 2.20. The van der Waals surface area contributed by atoms with Crippen molar-refractivity contribution in [2.75, 3.05) is 19.6 Å². The van der Waals surface area contributed by atoms with Crippen molar-refractivity contribution < 1.29 is 9.21 Å². The van der Waals surface area contributed by atoms with E-state index in [1.807, 2.05) is 19.1 Å². The number of nitrogens with one attached hydrogen (secondary N) is 3. The van der Waals surface area contributed by atoms with E-state index >= 15 is 0 Å². The fourth-order valence-electron chi connectivity index (χ4n) is 2.26. The number of nitrogens with zero attached hydrogens (tertiary/aromatic N) is 1. The highest BCUT2D eigenvalue weighted by Gasteiger charge is 2.13. The van der Waals surface area contributed by atoms with Crippen LogP contribution in [0.15, 0.2) is 34.3 Å². The van der Waals surface area contributed by atoms with Gasteiger partial charge in [0.05, 0.1) is 0 Å². The Morgan fingerprint density at radius 2 is 2.32 bits per heavy atom. The van der Waals surface area contributed by atoms with Gasteiger partial charge in [0.2, 0.25) is 0 Å². The van der Waals surface area contributed by atoms with E-state index in [1.165, 1.54) is 5.57 Å². The summed E-state index contributed by atoms with van der Waals surface area (Å²) >= 11 is 0. The largest absolute Gasteiger partial charge is 0.460 e. The monoisotopic (exact) mass is 322 g/mol. The summed E-state index contributed by atoms with van der Waals surface area (Å²) in [6.45, 7) is 4.28. The minimum atomic E-state index is -0.180. The highest BCUT2D eigenvalue weighted by molar-refractivity contribution is 5.93. The molecule has 1 aliphatic heterocycles. The van der Waals surface area contributed by atoms with E-state index in [2.05, 4.69) is 26.9 Å². The van der Waals surface area contributed by atoms with Gasteiger partial charge in [-0.05, 0) is 32.0 Å². The number of hydrogen-bond acceptors (Lipinski definition) is 4. The number of carbonyl (C=O) groups is 1. The molecule has 0 atom stereocenters. The summed E-state index contributed by atoms with van der Waals surface area (Å²) in [7, 11) is 0. The van der Waals surface area contributed by atoms with Crippen LogP contribution in [-0.4, -0.2) is 35.7 Å². The van der Waals surface area contributed by atoms with Crippen molar-refractivity contribution in [1.82, 2.24) is 20.8 Å². The van der Waals surface area contributed by atoms with Gasteiger partial charge in [-0.15, -0.1) is 12.4 Å². The average Bonchev–Trinajstić information content (AvgIpc) is 3.14. The van der Waals surface area contributed by atoms with Crippen LogP contribution in [0.1, 0.15) is 22.7 Å². The summed E-state index contributed by atoms with van der Waals surface area (Å²) in [5.41, 5.74) is 2.32. The zero-order valence-corrected chi connectivity index (χ0v) is 13.1. The third-order valence-electron chi connectivity index (χ3n) is 3.45. The SMILES string of the molecule is Cc1ccc(-c2cc(C(=O)NCC3=CCNCC3)n[nH]2)o1.Cl. The number of hydrogen-bond donors (Lipinski definition) is 3. The second-order valence-corrected chi connectivity index (χ2v) is 5.08. The summed E-state index contributed by atoms with van der Waals surface area (Å²) in [6.07, 6.45) is 3.09. The van der Waals surface area contributed by atoms with Crippen molar-refractivity contribution in [3.8, 4) is 11.5 Å². The molecule has 0 unspecified atom stereocenters. The van der Waals surface area contributed by atoms with Crippen LogP contribution in [-0.2, 0) is 0 Å². The van der Waals surface area contributed by atoms with Crippen molar-refractivity contribution in [3.05, 3.63) is 41.3 Å². The summed E-state index contributed by atoms with van der Waals surface area (Å²) in [5.74, 6) is 1.32. The van der Waals surface area contributed by atoms with Gasteiger partial charge < -0.3 is 15.1 Å². The van der Waals surface area contributed by atoms with Crippen LogP contribution < -0.4 is 10.6 Å². The molecule has 2 aromatic rings. The molecule has 2 aromatic heterocycles. The van der Waals surface area contributed by atoms with Gasteiger partial charge >= 0.3 is 0 Å². The Morgan fingerprint density at radius 3 is 3.00 bits per heavy atom. The molecule has 22 heavy (non-hydrogen) atoms. The lowest BCUT2D eigenvalue weighted by Crippen LogP contribution is -2.29. The van der Waals surface area contributed by atoms with Gasteiger partial charge in [-0.25, -0.2) is 0 Å². The van der Waals surface area contributed by atoms with Crippen LogP contribution >= 0.6 is 12.4 Å². The number of rotatable bonds is 4. The number of aromatic amines is 1. The normalized spacial score (nSPS) is 14.1. The van der Waals surface area contributed by atoms with Gasteiger partial charge in [0.1, 0.15) is 11.5 Å². The lowest BCUT2D eigenvalue weighted by atomic mass is 10.1. The van der Waals surface area contributed by atoms with Crippen molar-refractivity contribution >= 4 is 18.3 Å². The number of amides is 1. The molecule has 3 rings (SSSR count). The predicted molar refractivity (Wildman–Crippen MR) is 86.2 cm³/mol. The van der Waals surface area contributed by atoms with Crippen LogP contribution in [0.2, 0.25) is 0 Å². The zero-order chi connectivity index (χ0) is 14.7. The molecule has 0 saturated carbocycles. The lowest BCUT2D eigenvalue weighted by Gasteiger charge is -2.14. The first kappa shape index (κ1) is 16.3. The predicted octanol–water partition coefficient (Wildman–Crippen LogP) is 2.05. The highest BCUT2D eigenvalue weighted by atomic mass is 35.5. The number of H-pyrrole nitrogens is 1. The van der Waals surface area contributed by atoms with Crippen molar-refractivity contribution in [2.24, 2.45) is 0 Å². The minimum absolute atomic E-state index is 0. The molecule has 1 amide bonds. The van der Waals surface area contributed by atoms with E-state index in [0.717, 1.165) is 25.3 Å². The quantitative estimate of drug-likeness (QED) is 0.752. The first-order chi connectivity index (χ1) is 10.2. The molecule has 3 N–H and O–H groups in total. The third-order valence-corrected chi connectivity index (χ3v) is 3.45. The molecule has 0 saturated heterocycles. The number of aromatic nitrogens is 2. The van der Waals surface area contributed by atoms with Crippen LogP contribution in [0.4, 0.5) is 0 Å². The number of aryl methyl sites for hydroxylation is 1. The van der Waals surface area contributed by atoms with Crippen molar-refractivity contribution in [3.63, 3.8) is 0 Å². The van der Waals surface area contributed by atoms with Crippen molar-refractivity contribution in [2.45, 2.75) is 13.3 Å². The topological polar surface area (TPSA) is 83.0 Å². The zero-order valence-electron chi connectivity index (χ0n) is 12.3. The third kappa shape index (κ3) is 3.78. The van der Waals surface area contributed by atoms with Crippen LogP contribution in [0.5, 0.6) is 0 Å². The molecule has 0 aromatic carbocycles. The standard InChI is InChI=1S/C15H18N4O2.ClH/c1-10-2-3-14(21-10)12-8-13(19-18-12)15(20)17-9-11-4-6-16-7-5-11;/h2-4,8,16H,5-7,9H2,1H3,(H,17,20)(H,18,19);1H. The summed E-state index contributed by atoms with van der Waals surface area (Å²) in [5, 5.41) is 13.0. The minimum Gasteiger partial charge on any atom is -0.460 e. The van der Waals surface area contributed by atoms with Crippen molar-refractivity contribution in [1.29, 1.82) is 0 Å².